The van der Waals surface area contributed by atoms with Crippen molar-refractivity contribution in [3.05, 3.63) is 77.6 Å². The van der Waals surface area contributed by atoms with E-state index in [2.05, 4.69) is 4.98 Å². The smallest absolute Gasteiger partial charge is 0.265 e. The molecule has 134 valence electrons. The number of ether oxygens (including phenoxy) is 1. The van der Waals surface area contributed by atoms with Crippen LogP contribution in [0.5, 0.6) is 11.5 Å². The molecule has 0 atom stereocenters. The minimum absolute atomic E-state index is 0.0894. The standard InChI is InChI=1S/C19H17ClN2O3S/c1-14-12-18(13-21-19(14)20)26(23,24)22(2)15-8-10-17(11-9-15)25-16-6-4-3-5-7-16/h3-13H,1-2H3. The third kappa shape index (κ3) is 3.81. The number of para-hydroxylation sites is 1. The highest BCUT2D eigenvalue weighted by atomic mass is 35.5. The molecule has 0 aliphatic heterocycles. The molecule has 0 aliphatic rings. The molecule has 0 amide bonds. The lowest BCUT2D eigenvalue weighted by Crippen LogP contribution is -2.26. The van der Waals surface area contributed by atoms with Crippen molar-refractivity contribution >= 4 is 27.3 Å². The maximum atomic E-state index is 12.8. The van der Waals surface area contributed by atoms with Gasteiger partial charge in [-0.2, -0.15) is 0 Å². The van der Waals surface area contributed by atoms with Crippen molar-refractivity contribution in [2.24, 2.45) is 0 Å². The molecular weight excluding hydrogens is 372 g/mol. The van der Waals surface area contributed by atoms with Gasteiger partial charge < -0.3 is 4.74 Å². The normalized spacial score (nSPS) is 11.2. The number of aryl methyl sites for hydroxylation is 1. The van der Waals surface area contributed by atoms with Crippen molar-refractivity contribution < 1.29 is 13.2 Å². The van der Waals surface area contributed by atoms with Crippen molar-refractivity contribution in [2.75, 3.05) is 11.4 Å². The van der Waals surface area contributed by atoms with Gasteiger partial charge in [-0.15, -0.1) is 0 Å². The average Bonchev–Trinajstić information content (AvgIpc) is 2.65. The Morgan fingerprint density at radius 1 is 1.00 bits per heavy atom. The van der Waals surface area contributed by atoms with Crippen molar-refractivity contribution in [2.45, 2.75) is 11.8 Å². The molecule has 26 heavy (non-hydrogen) atoms. The third-order valence-electron chi connectivity index (χ3n) is 3.83. The fraction of sp³-hybridized carbons (Fsp3) is 0.105. The topological polar surface area (TPSA) is 59.5 Å². The Morgan fingerprint density at radius 2 is 1.62 bits per heavy atom. The maximum absolute atomic E-state index is 12.8. The maximum Gasteiger partial charge on any atom is 0.265 e. The molecule has 7 heteroatoms. The van der Waals surface area contributed by atoms with Crippen LogP contribution in [0.4, 0.5) is 5.69 Å². The number of nitrogens with zero attached hydrogens (tertiary/aromatic N) is 2. The van der Waals surface area contributed by atoms with E-state index in [0.717, 1.165) is 0 Å². The Hall–Kier alpha value is -2.57. The van der Waals surface area contributed by atoms with Crippen LogP contribution in [0.3, 0.4) is 0 Å². The minimum atomic E-state index is -3.73. The molecule has 0 radical (unpaired) electrons. The molecule has 2 aromatic carbocycles. The van der Waals surface area contributed by atoms with Crippen molar-refractivity contribution in [1.29, 1.82) is 0 Å². The number of benzene rings is 2. The number of hydrogen-bond acceptors (Lipinski definition) is 4. The zero-order valence-corrected chi connectivity index (χ0v) is 15.8. The first-order chi connectivity index (χ1) is 12.4. The van der Waals surface area contributed by atoms with E-state index >= 15 is 0 Å². The summed E-state index contributed by atoms with van der Waals surface area (Å²) in [6.07, 6.45) is 1.26. The van der Waals surface area contributed by atoms with Gasteiger partial charge in [0.05, 0.1) is 5.69 Å². The van der Waals surface area contributed by atoms with Gasteiger partial charge in [-0.1, -0.05) is 29.8 Å². The van der Waals surface area contributed by atoms with Gasteiger partial charge in [-0.05, 0) is 55.0 Å². The molecule has 3 aromatic rings. The fourth-order valence-corrected chi connectivity index (χ4v) is 3.65. The summed E-state index contributed by atoms with van der Waals surface area (Å²) in [6.45, 7) is 1.71. The van der Waals surface area contributed by atoms with Crippen LogP contribution in [0.1, 0.15) is 5.56 Å². The molecule has 0 aliphatic carbocycles. The van der Waals surface area contributed by atoms with Gasteiger partial charge in [-0.3, -0.25) is 4.31 Å². The van der Waals surface area contributed by atoms with Gasteiger partial charge in [0.1, 0.15) is 21.5 Å². The second kappa shape index (κ2) is 7.35. The predicted octanol–water partition coefficient (Wildman–Crippen LogP) is 4.66. The molecule has 0 spiro atoms. The molecule has 0 bridgehead atoms. The Balaban J connectivity index is 1.82. The summed E-state index contributed by atoms with van der Waals surface area (Å²) < 4.78 is 32.5. The van der Waals surface area contributed by atoms with E-state index in [1.54, 1.807) is 31.2 Å². The first-order valence-corrected chi connectivity index (χ1v) is 9.64. The summed E-state index contributed by atoms with van der Waals surface area (Å²) in [5, 5.41) is 0.286. The van der Waals surface area contributed by atoms with Crippen LogP contribution in [0.15, 0.2) is 71.8 Å². The Labute approximate surface area is 157 Å². The minimum Gasteiger partial charge on any atom is -0.457 e. The van der Waals surface area contributed by atoms with Crippen LogP contribution >= 0.6 is 11.6 Å². The zero-order chi connectivity index (χ0) is 18.7. The molecule has 3 rings (SSSR count). The Morgan fingerprint density at radius 3 is 2.23 bits per heavy atom. The van der Waals surface area contributed by atoms with Crippen LogP contribution in [0, 0.1) is 6.92 Å². The summed E-state index contributed by atoms with van der Waals surface area (Å²) in [4.78, 5) is 4.01. The molecule has 0 saturated carbocycles. The summed E-state index contributed by atoms with van der Waals surface area (Å²) in [7, 11) is -2.24. The monoisotopic (exact) mass is 388 g/mol. The lowest BCUT2D eigenvalue weighted by atomic mass is 10.3. The molecule has 0 fully saturated rings. The van der Waals surface area contributed by atoms with Gasteiger partial charge in [0, 0.05) is 13.2 Å². The lowest BCUT2D eigenvalue weighted by Gasteiger charge is -2.20. The second-order valence-corrected chi connectivity index (χ2v) is 7.99. The Kier molecular flexibility index (Phi) is 5.15. The van der Waals surface area contributed by atoms with Gasteiger partial charge in [-0.25, -0.2) is 13.4 Å². The summed E-state index contributed by atoms with van der Waals surface area (Å²) in [5.41, 5.74) is 1.12. The van der Waals surface area contributed by atoms with Gasteiger partial charge in [0.2, 0.25) is 0 Å². The molecule has 5 nitrogen and oxygen atoms in total. The van der Waals surface area contributed by atoms with Crippen molar-refractivity contribution in [3.63, 3.8) is 0 Å². The number of halogens is 1. The van der Waals surface area contributed by atoms with Crippen LogP contribution in [-0.4, -0.2) is 20.4 Å². The lowest BCUT2D eigenvalue weighted by molar-refractivity contribution is 0.482. The van der Waals surface area contributed by atoms with E-state index in [1.807, 2.05) is 30.3 Å². The highest BCUT2D eigenvalue weighted by Crippen LogP contribution is 2.27. The van der Waals surface area contributed by atoms with E-state index in [9.17, 15) is 8.42 Å². The third-order valence-corrected chi connectivity index (χ3v) is 5.97. The van der Waals surface area contributed by atoms with Crippen LogP contribution in [-0.2, 0) is 10.0 Å². The van der Waals surface area contributed by atoms with Crippen molar-refractivity contribution in [3.8, 4) is 11.5 Å². The quantitative estimate of drug-likeness (QED) is 0.596. The molecule has 1 aromatic heterocycles. The molecule has 1 heterocycles. The fourth-order valence-electron chi connectivity index (χ4n) is 2.32. The zero-order valence-electron chi connectivity index (χ0n) is 14.3. The highest BCUT2D eigenvalue weighted by Gasteiger charge is 2.22. The van der Waals surface area contributed by atoms with E-state index in [1.165, 1.54) is 23.6 Å². The highest BCUT2D eigenvalue weighted by molar-refractivity contribution is 7.92. The number of pyridine rings is 1. The number of hydrogen-bond donors (Lipinski definition) is 0. The summed E-state index contributed by atoms with van der Waals surface area (Å²) in [6, 6.07) is 17.7. The number of anilines is 1. The van der Waals surface area contributed by atoms with Crippen LogP contribution in [0.25, 0.3) is 0 Å². The average molecular weight is 389 g/mol. The van der Waals surface area contributed by atoms with Crippen LogP contribution in [0.2, 0.25) is 5.15 Å². The molecular formula is C19H17ClN2O3S. The van der Waals surface area contributed by atoms with E-state index < -0.39 is 10.0 Å². The molecule has 0 unspecified atom stereocenters. The largest absolute Gasteiger partial charge is 0.457 e. The first-order valence-electron chi connectivity index (χ1n) is 7.82. The number of aromatic nitrogens is 1. The predicted molar refractivity (Wildman–Crippen MR) is 103 cm³/mol. The van der Waals surface area contributed by atoms with E-state index in [0.29, 0.717) is 22.7 Å². The molecule has 0 N–H and O–H groups in total. The van der Waals surface area contributed by atoms with Crippen molar-refractivity contribution in [1.82, 2.24) is 4.98 Å². The van der Waals surface area contributed by atoms with E-state index in [-0.39, 0.29) is 10.0 Å². The molecule has 0 saturated heterocycles. The van der Waals surface area contributed by atoms with Gasteiger partial charge in [0.15, 0.2) is 0 Å². The summed E-state index contributed by atoms with van der Waals surface area (Å²) >= 11 is 5.88. The van der Waals surface area contributed by atoms with Crippen LogP contribution < -0.4 is 9.04 Å². The van der Waals surface area contributed by atoms with E-state index in [4.69, 9.17) is 16.3 Å². The second-order valence-electron chi connectivity index (χ2n) is 5.66. The van der Waals surface area contributed by atoms with Gasteiger partial charge >= 0.3 is 0 Å². The van der Waals surface area contributed by atoms with Gasteiger partial charge in [0.25, 0.3) is 10.0 Å². The Bertz CT molecular complexity index is 1010. The summed E-state index contributed by atoms with van der Waals surface area (Å²) in [5.74, 6) is 1.33. The number of sulfonamides is 1. The SMILES string of the molecule is Cc1cc(S(=O)(=O)N(C)c2ccc(Oc3ccccc3)cc2)cnc1Cl. The first kappa shape index (κ1) is 18.2. The number of rotatable bonds is 5.